The van der Waals surface area contributed by atoms with E-state index in [0.717, 1.165) is 39.4 Å². The van der Waals surface area contributed by atoms with Gasteiger partial charge < -0.3 is 5.32 Å². The Bertz CT molecular complexity index is 532. The third-order valence-corrected chi connectivity index (χ3v) is 5.84. The van der Waals surface area contributed by atoms with Crippen molar-refractivity contribution in [1.82, 2.24) is 0 Å². The number of hydrogen-bond donors (Lipinski definition) is 1. The van der Waals surface area contributed by atoms with Gasteiger partial charge in [-0.05, 0) is 71.0 Å². The molecule has 1 aromatic carbocycles. The predicted octanol–water partition coefficient (Wildman–Crippen LogP) is 3.78. The molecule has 3 fully saturated rings. The van der Waals surface area contributed by atoms with Crippen LogP contribution in [-0.4, -0.2) is 6.04 Å². The molecule has 0 aromatic heterocycles. The molecule has 0 heterocycles. The molecule has 3 aliphatic carbocycles. The van der Waals surface area contributed by atoms with E-state index in [1.54, 1.807) is 0 Å². The van der Waals surface area contributed by atoms with Gasteiger partial charge in [-0.1, -0.05) is 6.07 Å². The molecule has 0 aliphatic heterocycles. The van der Waals surface area contributed by atoms with Crippen LogP contribution in [0.2, 0.25) is 0 Å². The van der Waals surface area contributed by atoms with Gasteiger partial charge in [-0.15, -0.1) is 0 Å². The number of anilines is 1. The van der Waals surface area contributed by atoms with Crippen molar-refractivity contribution in [2.24, 2.45) is 23.7 Å². The number of hydrogen-bond acceptors (Lipinski definition) is 2. The maximum absolute atomic E-state index is 9.23. The van der Waals surface area contributed by atoms with E-state index in [0.29, 0.717) is 6.04 Å². The van der Waals surface area contributed by atoms with Crippen molar-refractivity contribution in [2.45, 2.75) is 25.3 Å². The highest BCUT2D eigenvalue weighted by molar-refractivity contribution is 9.10. The highest BCUT2D eigenvalue weighted by Crippen LogP contribution is 2.66. The molecule has 2 bridgehead atoms. The Labute approximate surface area is 116 Å². The lowest BCUT2D eigenvalue weighted by atomic mass is 10.0. The van der Waals surface area contributed by atoms with Crippen LogP contribution in [-0.2, 0) is 0 Å². The molecule has 1 aromatic rings. The number of halogens is 1. The summed E-state index contributed by atoms with van der Waals surface area (Å²) in [6.07, 6.45) is 4.35. The first-order chi connectivity index (χ1) is 8.79. The minimum atomic E-state index is 0.637. The lowest BCUT2D eigenvalue weighted by molar-refractivity contribution is 0.456. The second-order valence-electron chi connectivity index (χ2n) is 5.93. The van der Waals surface area contributed by atoms with Crippen LogP contribution in [0.25, 0.3) is 0 Å². The van der Waals surface area contributed by atoms with Gasteiger partial charge in [0.25, 0.3) is 0 Å². The maximum Gasteiger partial charge on any atom is 0.103 e. The number of nitrogens with one attached hydrogen (secondary N) is 1. The molecule has 18 heavy (non-hydrogen) atoms. The third kappa shape index (κ3) is 1.39. The van der Waals surface area contributed by atoms with E-state index in [1.165, 1.54) is 19.3 Å². The van der Waals surface area contributed by atoms with Gasteiger partial charge in [0.15, 0.2) is 0 Å². The molecule has 1 N–H and O–H groups in total. The largest absolute Gasteiger partial charge is 0.381 e. The molecule has 92 valence electrons. The normalized spacial score (nSPS) is 39.2. The van der Waals surface area contributed by atoms with Crippen LogP contribution in [0.15, 0.2) is 22.7 Å². The molecule has 0 spiro atoms. The van der Waals surface area contributed by atoms with Gasteiger partial charge in [0.2, 0.25) is 0 Å². The average molecular weight is 303 g/mol. The van der Waals surface area contributed by atoms with Crippen LogP contribution in [0.5, 0.6) is 0 Å². The van der Waals surface area contributed by atoms with E-state index in [9.17, 15) is 5.26 Å². The van der Waals surface area contributed by atoms with Gasteiger partial charge in [-0.25, -0.2) is 0 Å². The molecule has 4 atom stereocenters. The fraction of sp³-hybridized carbons (Fsp3) is 0.533. The summed E-state index contributed by atoms with van der Waals surface area (Å²) in [7, 11) is 0. The number of fused-ring (bicyclic) bond motifs is 5. The zero-order valence-corrected chi connectivity index (χ0v) is 11.7. The van der Waals surface area contributed by atoms with Crippen molar-refractivity contribution < 1.29 is 0 Å². The first-order valence-electron chi connectivity index (χ1n) is 6.74. The Morgan fingerprint density at radius 2 is 1.94 bits per heavy atom. The molecular weight excluding hydrogens is 288 g/mol. The summed E-state index contributed by atoms with van der Waals surface area (Å²) >= 11 is 3.45. The zero-order valence-electron chi connectivity index (χ0n) is 10.1. The van der Waals surface area contributed by atoms with E-state index in [-0.39, 0.29) is 0 Å². The summed E-state index contributed by atoms with van der Waals surface area (Å²) < 4.78 is 0.892. The van der Waals surface area contributed by atoms with Gasteiger partial charge in [0.1, 0.15) is 6.07 Å². The maximum atomic E-state index is 9.23. The summed E-state index contributed by atoms with van der Waals surface area (Å²) in [5.41, 5.74) is 1.75. The molecule has 4 rings (SSSR count). The van der Waals surface area contributed by atoms with Crippen LogP contribution in [0.1, 0.15) is 24.8 Å². The second kappa shape index (κ2) is 3.74. The predicted molar refractivity (Wildman–Crippen MR) is 74.1 cm³/mol. The standard InChI is InChI=1S/C15H15BrN2/c16-11-2-1-3-12(10(11)7-17)18-15-13-8-4-5-9(6-8)14(13)15/h1-3,8-9,13-15,18H,4-6H2. The smallest absolute Gasteiger partial charge is 0.103 e. The van der Waals surface area contributed by atoms with Crippen LogP contribution in [0.4, 0.5) is 5.69 Å². The minimum absolute atomic E-state index is 0.637. The third-order valence-electron chi connectivity index (χ3n) is 5.18. The van der Waals surface area contributed by atoms with Crippen molar-refractivity contribution in [3.8, 4) is 6.07 Å². The van der Waals surface area contributed by atoms with E-state index in [4.69, 9.17) is 0 Å². The molecule has 0 saturated heterocycles. The monoisotopic (exact) mass is 302 g/mol. The van der Waals surface area contributed by atoms with Gasteiger partial charge in [0.05, 0.1) is 11.3 Å². The second-order valence-corrected chi connectivity index (χ2v) is 6.79. The summed E-state index contributed by atoms with van der Waals surface area (Å²) in [5, 5.41) is 12.9. The van der Waals surface area contributed by atoms with E-state index in [1.807, 2.05) is 18.2 Å². The van der Waals surface area contributed by atoms with Gasteiger partial charge in [0, 0.05) is 10.5 Å². The minimum Gasteiger partial charge on any atom is -0.381 e. The Hall–Kier alpha value is -1.01. The van der Waals surface area contributed by atoms with Crippen LogP contribution in [0, 0.1) is 35.0 Å². The highest BCUT2D eigenvalue weighted by atomic mass is 79.9. The van der Waals surface area contributed by atoms with E-state index in [2.05, 4.69) is 27.3 Å². The molecule has 0 radical (unpaired) electrons. The van der Waals surface area contributed by atoms with Crippen LogP contribution >= 0.6 is 15.9 Å². The van der Waals surface area contributed by atoms with Crippen molar-refractivity contribution >= 4 is 21.6 Å². The van der Waals surface area contributed by atoms with Crippen LogP contribution < -0.4 is 5.32 Å². The number of nitriles is 1. The molecule has 3 saturated carbocycles. The van der Waals surface area contributed by atoms with E-state index < -0.39 is 0 Å². The summed E-state index contributed by atoms with van der Waals surface area (Å²) in [4.78, 5) is 0. The average Bonchev–Trinajstić information content (AvgIpc) is 2.78. The Kier molecular flexibility index (Phi) is 2.26. The molecule has 3 heteroatoms. The van der Waals surface area contributed by atoms with Crippen molar-refractivity contribution in [1.29, 1.82) is 5.26 Å². The molecule has 3 aliphatic rings. The SMILES string of the molecule is N#Cc1c(Br)cccc1NC1C2C3CCC(C3)C12. The highest BCUT2D eigenvalue weighted by Gasteiger charge is 2.65. The fourth-order valence-corrected chi connectivity index (χ4v) is 4.91. The lowest BCUT2D eigenvalue weighted by Gasteiger charge is -2.13. The number of rotatable bonds is 2. The fourth-order valence-electron chi connectivity index (χ4n) is 4.46. The molecule has 2 nitrogen and oxygen atoms in total. The lowest BCUT2D eigenvalue weighted by Crippen LogP contribution is -2.13. The first kappa shape index (κ1) is 10.9. The molecular formula is C15H15BrN2. The quantitative estimate of drug-likeness (QED) is 0.902. The summed E-state index contributed by atoms with van der Waals surface area (Å²) in [6.45, 7) is 0. The van der Waals surface area contributed by atoms with Gasteiger partial charge in [-0.3, -0.25) is 0 Å². The van der Waals surface area contributed by atoms with Crippen LogP contribution in [0.3, 0.4) is 0 Å². The Morgan fingerprint density at radius 3 is 2.61 bits per heavy atom. The number of benzene rings is 1. The molecule has 4 unspecified atom stereocenters. The topological polar surface area (TPSA) is 35.8 Å². The van der Waals surface area contributed by atoms with Gasteiger partial charge >= 0.3 is 0 Å². The van der Waals surface area contributed by atoms with E-state index >= 15 is 0 Å². The number of nitrogens with zero attached hydrogens (tertiary/aromatic N) is 1. The molecule has 0 amide bonds. The van der Waals surface area contributed by atoms with Gasteiger partial charge in [-0.2, -0.15) is 5.26 Å². The van der Waals surface area contributed by atoms with Crippen molar-refractivity contribution in [3.05, 3.63) is 28.2 Å². The Balaban J connectivity index is 1.58. The zero-order chi connectivity index (χ0) is 12.3. The Morgan fingerprint density at radius 1 is 1.22 bits per heavy atom. The first-order valence-corrected chi connectivity index (χ1v) is 7.54. The van der Waals surface area contributed by atoms with Crippen molar-refractivity contribution in [3.63, 3.8) is 0 Å². The summed E-state index contributed by atoms with van der Waals surface area (Å²) in [5.74, 6) is 3.73. The summed E-state index contributed by atoms with van der Waals surface area (Å²) in [6, 6.07) is 8.89. The van der Waals surface area contributed by atoms with Crippen molar-refractivity contribution in [2.75, 3.05) is 5.32 Å².